The van der Waals surface area contributed by atoms with Gasteiger partial charge in [-0.25, -0.2) is 0 Å². The molecule has 0 radical (unpaired) electrons. The lowest BCUT2D eigenvalue weighted by molar-refractivity contribution is 0.496. The molecule has 0 spiro atoms. The Kier molecular flexibility index (Phi) is 7.75. The molecule has 0 rings (SSSR count). The normalized spacial score (nSPS) is 9.00. The molecule has 0 saturated heterocycles. The van der Waals surface area contributed by atoms with Crippen LogP contribution in [0.3, 0.4) is 0 Å². The largest absolute Gasteiger partial charge is 0.360 e. The molecule has 0 heterocycles. The summed E-state index contributed by atoms with van der Waals surface area (Å²) in [6.45, 7) is 1.19. The van der Waals surface area contributed by atoms with Gasteiger partial charge in [0.15, 0.2) is 0 Å². The number of rotatable bonds is 1. The summed E-state index contributed by atoms with van der Waals surface area (Å²) in [7, 11) is -4.36. The van der Waals surface area contributed by atoms with Crippen LogP contribution in [0.1, 0.15) is 0 Å². The third kappa shape index (κ3) is 26.5. The van der Waals surface area contributed by atoms with Gasteiger partial charge in [0.1, 0.15) is 0 Å². The number of nitrogens with zero attached hydrogens (tertiary/aromatic N) is 1. The first-order valence-electron chi connectivity index (χ1n) is 2.26. The highest BCUT2D eigenvalue weighted by Crippen LogP contribution is 1.68. The Balaban J connectivity index is 0. The molecule has 0 bridgehead atoms. The lowest BCUT2D eigenvalue weighted by Crippen LogP contribution is -2.11. The van der Waals surface area contributed by atoms with E-state index in [4.69, 9.17) is 21.3 Å². The molecule has 0 fully saturated rings. The third-order valence-electron chi connectivity index (χ3n) is 0.282. The van der Waals surface area contributed by atoms with Gasteiger partial charge in [0.2, 0.25) is 5.40 Å². The Hall–Kier alpha value is -0.680. The molecule has 0 saturated carbocycles. The van der Waals surface area contributed by atoms with Crippen LogP contribution in [0.25, 0.3) is 0 Å². The fourth-order valence-electron chi connectivity index (χ4n) is 0. The molecule has 5 N–H and O–H groups in total. The summed E-state index contributed by atoms with van der Waals surface area (Å²) in [4.78, 5) is 0. The third-order valence-corrected chi connectivity index (χ3v) is 0.513. The first-order chi connectivity index (χ1) is 4.47. The predicted molar refractivity (Wildman–Crippen MR) is 35.3 cm³/mol. The second-order valence-electron chi connectivity index (χ2n) is 1.14. The van der Waals surface area contributed by atoms with E-state index in [-0.39, 0.29) is 0 Å². The van der Waals surface area contributed by atoms with Crippen molar-refractivity contribution in [3.05, 3.63) is 0 Å². The standard InChI is InChI=1S/C2H8N2.CHNO3S/c3-1-2-4;2-1-6(3,4)5/h1-4H2;(H,3,4,5). The van der Waals surface area contributed by atoms with Crippen molar-refractivity contribution in [3.63, 3.8) is 0 Å². The Morgan fingerprint density at radius 3 is 1.60 bits per heavy atom. The van der Waals surface area contributed by atoms with Crippen molar-refractivity contribution in [1.82, 2.24) is 0 Å². The van der Waals surface area contributed by atoms with E-state index in [0.717, 1.165) is 0 Å². The molecule has 0 amide bonds. The van der Waals surface area contributed by atoms with Gasteiger partial charge in [-0.3, -0.25) is 4.55 Å². The van der Waals surface area contributed by atoms with Gasteiger partial charge in [-0.05, 0) is 0 Å². The van der Waals surface area contributed by atoms with Crippen molar-refractivity contribution in [2.24, 2.45) is 11.5 Å². The molecule has 7 heteroatoms. The van der Waals surface area contributed by atoms with E-state index in [0.29, 0.717) is 18.5 Å². The molecular weight excluding hydrogens is 158 g/mol. The van der Waals surface area contributed by atoms with E-state index in [1.54, 1.807) is 0 Å². The number of nitriles is 1. The van der Waals surface area contributed by atoms with E-state index >= 15 is 0 Å². The number of hydrogen-bond donors (Lipinski definition) is 3. The van der Waals surface area contributed by atoms with Gasteiger partial charge in [-0.2, -0.15) is 13.7 Å². The fraction of sp³-hybridized carbons (Fsp3) is 0.667. The van der Waals surface area contributed by atoms with Crippen LogP contribution in [0, 0.1) is 10.7 Å². The SMILES string of the molecule is N#CS(=O)(=O)O.NCCN. The van der Waals surface area contributed by atoms with E-state index < -0.39 is 10.1 Å². The first kappa shape index (κ1) is 12.0. The van der Waals surface area contributed by atoms with Gasteiger partial charge in [-0.1, -0.05) is 0 Å². The van der Waals surface area contributed by atoms with E-state index in [1.807, 2.05) is 0 Å². The number of hydrogen-bond acceptors (Lipinski definition) is 5. The highest BCUT2D eigenvalue weighted by atomic mass is 32.2. The Labute approximate surface area is 59.2 Å². The second kappa shape index (κ2) is 6.44. The fourth-order valence-corrected chi connectivity index (χ4v) is 0. The number of nitrogens with two attached hydrogens (primary N) is 2. The van der Waals surface area contributed by atoms with E-state index in [9.17, 15) is 8.42 Å². The molecule has 0 aromatic rings. The van der Waals surface area contributed by atoms with Gasteiger partial charge in [0.25, 0.3) is 0 Å². The molecule has 0 aliphatic rings. The van der Waals surface area contributed by atoms with Crippen LogP contribution in [0.15, 0.2) is 0 Å². The van der Waals surface area contributed by atoms with E-state index in [2.05, 4.69) is 0 Å². The van der Waals surface area contributed by atoms with Crippen LogP contribution in [-0.4, -0.2) is 26.1 Å². The second-order valence-corrected chi connectivity index (χ2v) is 2.28. The highest BCUT2D eigenvalue weighted by Gasteiger charge is 1.93. The summed E-state index contributed by atoms with van der Waals surface area (Å²) in [5.74, 6) is 0. The monoisotopic (exact) mass is 167 g/mol. The van der Waals surface area contributed by atoms with Crippen molar-refractivity contribution in [1.29, 1.82) is 5.26 Å². The first-order valence-corrected chi connectivity index (χ1v) is 3.70. The van der Waals surface area contributed by atoms with Gasteiger partial charge >= 0.3 is 10.1 Å². The Morgan fingerprint density at radius 2 is 1.60 bits per heavy atom. The van der Waals surface area contributed by atoms with Crippen LogP contribution < -0.4 is 11.5 Å². The minimum Gasteiger partial charge on any atom is -0.329 e. The molecule has 0 aromatic heterocycles. The highest BCUT2D eigenvalue weighted by molar-refractivity contribution is 7.90. The zero-order chi connectivity index (χ0) is 8.62. The molecule has 60 valence electrons. The molecule has 0 unspecified atom stereocenters. The zero-order valence-corrected chi connectivity index (χ0v) is 6.00. The maximum Gasteiger partial charge on any atom is 0.360 e. The van der Waals surface area contributed by atoms with Gasteiger partial charge in [-0.15, -0.1) is 0 Å². The van der Waals surface area contributed by atoms with Crippen molar-refractivity contribution in [3.8, 4) is 5.40 Å². The maximum absolute atomic E-state index is 9.19. The maximum atomic E-state index is 9.19. The Morgan fingerprint density at radius 1 is 1.40 bits per heavy atom. The molecule has 0 atom stereocenters. The quantitative estimate of drug-likeness (QED) is 0.241. The smallest absolute Gasteiger partial charge is 0.329 e. The van der Waals surface area contributed by atoms with Crippen molar-refractivity contribution >= 4 is 10.1 Å². The van der Waals surface area contributed by atoms with Gasteiger partial charge in [0, 0.05) is 13.1 Å². The van der Waals surface area contributed by atoms with Crippen molar-refractivity contribution in [2.45, 2.75) is 0 Å². The molecule has 10 heavy (non-hydrogen) atoms. The number of thiocyanates is 1. The van der Waals surface area contributed by atoms with Crippen LogP contribution in [0.2, 0.25) is 0 Å². The van der Waals surface area contributed by atoms with E-state index in [1.165, 1.54) is 0 Å². The van der Waals surface area contributed by atoms with Crippen LogP contribution >= 0.6 is 0 Å². The average Bonchev–Trinajstić information content (AvgIpc) is 1.87. The van der Waals surface area contributed by atoms with Crippen LogP contribution in [0.5, 0.6) is 0 Å². The molecule has 0 aromatic carbocycles. The Bertz CT molecular complexity index is 190. The summed E-state index contributed by atoms with van der Waals surface area (Å²) in [6, 6.07) is 0. The summed E-state index contributed by atoms with van der Waals surface area (Å²) in [6.07, 6.45) is 0. The van der Waals surface area contributed by atoms with Gasteiger partial charge in [0.05, 0.1) is 0 Å². The van der Waals surface area contributed by atoms with Crippen LogP contribution in [-0.2, 0) is 10.1 Å². The summed E-state index contributed by atoms with van der Waals surface area (Å²) >= 11 is 0. The predicted octanol–water partition coefficient (Wildman–Crippen LogP) is -1.74. The minimum atomic E-state index is -4.36. The lowest BCUT2D eigenvalue weighted by Gasteiger charge is -1.72. The van der Waals surface area contributed by atoms with Gasteiger partial charge < -0.3 is 11.5 Å². The minimum absolute atomic E-state index is 0.597. The van der Waals surface area contributed by atoms with Crippen molar-refractivity contribution < 1.29 is 13.0 Å². The summed E-state index contributed by atoms with van der Waals surface area (Å²) < 4.78 is 25.8. The lowest BCUT2D eigenvalue weighted by atomic mass is 10.7. The summed E-state index contributed by atoms with van der Waals surface area (Å²) in [5, 5.41) is 7.95. The van der Waals surface area contributed by atoms with Crippen LogP contribution in [0.4, 0.5) is 0 Å². The molecular formula is C3H9N3O3S. The topological polar surface area (TPSA) is 130 Å². The molecule has 6 nitrogen and oxygen atoms in total. The molecule has 0 aliphatic heterocycles. The molecule has 0 aliphatic carbocycles. The zero-order valence-electron chi connectivity index (χ0n) is 5.19. The average molecular weight is 167 g/mol. The van der Waals surface area contributed by atoms with Crippen molar-refractivity contribution in [2.75, 3.05) is 13.1 Å². The summed E-state index contributed by atoms with van der Waals surface area (Å²) in [5.41, 5.74) is 9.81.